The van der Waals surface area contributed by atoms with Crippen LogP contribution < -0.4 is 9.47 Å². The molecule has 1 aromatic heterocycles. The summed E-state index contributed by atoms with van der Waals surface area (Å²) in [5.74, 6) is 0.728. The maximum Gasteiger partial charge on any atom is 0.331 e. The van der Waals surface area contributed by atoms with Gasteiger partial charge < -0.3 is 18.7 Å². The fourth-order valence-electron chi connectivity index (χ4n) is 2.54. The van der Waals surface area contributed by atoms with Gasteiger partial charge in [-0.1, -0.05) is 17.3 Å². The summed E-state index contributed by atoms with van der Waals surface area (Å²) in [6, 6.07) is 11.2. The van der Waals surface area contributed by atoms with Gasteiger partial charge in [-0.2, -0.15) is 4.98 Å². The maximum atomic E-state index is 11.9. The maximum absolute atomic E-state index is 11.9. The first-order valence-corrected chi connectivity index (χ1v) is 8.65. The van der Waals surface area contributed by atoms with Gasteiger partial charge in [-0.05, 0) is 24.3 Å². The van der Waals surface area contributed by atoms with Crippen molar-refractivity contribution in [2.45, 2.75) is 6.61 Å². The first-order valence-electron chi connectivity index (χ1n) is 8.65. The number of nitrogens with zero attached hydrogens (tertiary/aromatic N) is 3. The Morgan fingerprint density at radius 1 is 1.20 bits per heavy atom. The lowest BCUT2D eigenvalue weighted by atomic mass is 10.1. The van der Waals surface area contributed by atoms with Gasteiger partial charge in [0, 0.05) is 18.2 Å². The number of rotatable bonds is 8. The highest BCUT2D eigenvalue weighted by molar-refractivity contribution is 5.87. The number of para-hydroxylation sites is 1. The van der Waals surface area contributed by atoms with Crippen molar-refractivity contribution in [2.24, 2.45) is 0 Å². The number of aromatic nitrogens is 2. The summed E-state index contributed by atoms with van der Waals surface area (Å²) in [5, 5.41) is 14.9. The quantitative estimate of drug-likeness (QED) is 0.237. The van der Waals surface area contributed by atoms with Gasteiger partial charge in [-0.3, -0.25) is 10.1 Å². The Morgan fingerprint density at radius 2 is 2.00 bits per heavy atom. The van der Waals surface area contributed by atoms with Crippen molar-refractivity contribution >= 4 is 17.7 Å². The Kier molecular flexibility index (Phi) is 6.38. The van der Waals surface area contributed by atoms with Crippen LogP contribution in [0.3, 0.4) is 0 Å². The summed E-state index contributed by atoms with van der Waals surface area (Å²) in [7, 11) is 3.05. The summed E-state index contributed by atoms with van der Waals surface area (Å²) in [5.41, 5.74) is 0.749. The number of ether oxygens (including phenoxy) is 3. The van der Waals surface area contributed by atoms with Crippen LogP contribution in [-0.4, -0.2) is 35.3 Å². The number of hydrogen-bond donors (Lipinski definition) is 0. The zero-order valence-corrected chi connectivity index (χ0v) is 16.1. The zero-order chi connectivity index (χ0) is 21.5. The molecule has 0 amide bonds. The number of nitro benzene ring substituents is 1. The number of esters is 1. The van der Waals surface area contributed by atoms with E-state index in [-0.39, 0.29) is 29.6 Å². The van der Waals surface area contributed by atoms with Gasteiger partial charge >= 0.3 is 5.97 Å². The molecule has 0 spiro atoms. The molecule has 3 rings (SSSR count). The molecule has 2 aromatic carbocycles. The van der Waals surface area contributed by atoms with E-state index in [9.17, 15) is 14.9 Å². The van der Waals surface area contributed by atoms with Crippen LogP contribution in [-0.2, 0) is 16.1 Å². The lowest BCUT2D eigenvalue weighted by molar-refractivity contribution is -0.385. The van der Waals surface area contributed by atoms with Gasteiger partial charge in [-0.15, -0.1) is 0 Å². The first kappa shape index (κ1) is 20.5. The van der Waals surface area contributed by atoms with Gasteiger partial charge in [-0.25, -0.2) is 4.79 Å². The van der Waals surface area contributed by atoms with E-state index in [1.165, 1.54) is 25.3 Å². The molecular formula is C20H17N3O7. The summed E-state index contributed by atoms with van der Waals surface area (Å²) in [6.07, 6.45) is 2.40. The van der Waals surface area contributed by atoms with Gasteiger partial charge in [0.15, 0.2) is 6.61 Å². The molecule has 0 aliphatic rings. The van der Waals surface area contributed by atoms with Crippen LogP contribution in [0.2, 0.25) is 0 Å². The van der Waals surface area contributed by atoms with Crippen molar-refractivity contribution in [1.82, 2.24) is 10.1 Å². The fraction of sp³-hybridized carbons (Fsp3) is 0.150. The molecular weight excluding hydrogens is 394 g/mol. The van der Waals surface area contributed by atoms with Crippen molar-refractivity contribution in [1.29, 1.82) is 0 Å². The smallest absolute Gasteiger partial charge is 0.331 e. The van der Waals surface area contributed by atoms with Crippen LogP contribution >= 0.6 is 0 Å². The van der Waals surface area contributed by atoms with Crippen LogP contribution in [0.5, 0.6) is 11.5 Å². The zero-order valence-electron chi connectivity index (χ0n) is 16.1. The van der Waals surface area contributed by atoms with E-state index in [1.54, 1.807) is 37.4 Å². The monoisotopic (exact) mass is 411 g/mol. The SMILES string of the molecule is COc1ccc(-c2noc(COC(=O)/C=C/c3ccccc3[N+](=O)[O-])n2)c(OC)c1. The molecule has 0 N–H and O–H groups in total. The Labute approximate surface area is 170 Å². The van der Waals surface area contributed by atoms with Crippen LogP contribution in [0, 0.1) is 10.1 Å². The Bertz CT molecular complexity index is 1090. The Hall–Kier alpha value is -4.21. The normalized spacial score (nSPS) is 10.7. The molecule has 154 valence electrons. The molecule has 0 saturated heterocycles. The van der Waals surface area contributed by atoms with E-state index in [2.05, 4.69) is 10.1 Å². The van der Waals surface area contributed by atoms with E-state index in [1.807, 2.05) is 0 Å². The fourth-order valence-corrected chi connectivity index (χ4v) is 2.54. The topological polar surface area (TPSA) is 127 Å². The number of carbonyl (C=O) groups is 1. The average molecular weight is 411 g/mol. The van der Waals surface area contributed by atoms with Crippen LogP contribution in [0.4, 0.5) is 5.69 Å². The van der Waals surface area contributed by atoms with Gasteiger partial charge in [0.25, 0.3) is 11.6 Å². The summed E-state index contributed by atoms with van der Waals surface area (Å²) >= 11 is 0. The van der Waals surface area contributed by atoms with E-state index >= 15 is 0 Å². The largest absolute Gasteiger partial charge is 0.497 e. The second-order valence-corrected chi connectivity index (χ2v) is 5.83. The minimum absolute atomic E-state index is 0.0790. The predicted octanol–water partition coefficient (Wildman–Crippen LogP) is 3.42. The first-order chi connectivity index (χ1) is 14.5. The van der Waals surface area contributed by atoms with Crippen LogP contribution in [0.15, 0.2) is 53.1 Å². The molecule has 0 aliphatic carbocycles. The van der Waals surface area contributed by atoms with Crippen molar-refractivity contribution in [2.75, 3.05) is 14.2 Å². The molecule has 0 fully saturated rings. The molecule has 10 nitrogen and oxygen atoms in total. The van der Waals surface area contributed by atoms with E-state index < -0.39 is 10.9 Å². The standard InChI is InChI=1S/C20H17N3O7/c1-27-14-8-9-15(17(11-14)28-2)20-21-18(30-22-20)12-29-19(24)10-7-13-5-3-4-6-16(13)23(25)26/h3-11H,12H2,1-2H3/b10-7+. The Morgan fingerprint density at radius 3 is 2.73 bits per heavy atom. The molecule has 30 heavy (non-hydrogen) atoms. The molecule has 0 saturated carbocycles. The molecule has 0 aliphatic heterocycles. The number of carbonyl (C=O) groups excluding carboxylic acids is 1. The lowest BCUT2D eigenvalue weighted by Crippen LogP contribution is -2.01. The van der Waals surface area contributed by atoms with Crippen molar-refractivity contribution in [3.05, 3.63) is 70.1 Å². The molecule has 0 unspecified atom stereocenters. The van der Waals surface area contributed by atoms with Crippen molar-refractivity contribution in [3.8, 4) is 22.9 Å². The third-order valence-electron chi connectivity index (χ3n) is 3.99. The number of hydrogen-bond acceptors (Lipinski definition) is 9. The minimum Gasteiger partial charge on any atom is -0.497 e. The van der Waals surface area contributed by atoms with Crippen LogP contribution in [0.25, 0.3) is 17.5 Å². The van der Waals surface area contributed by atoms with Gasteiger partial charge in [0.1, 0.15) is 11.5 Å². The minimum atomic E-state index is -0.713. The summed E-state index contributed by atoms with van der Waals surface area (Å²) < 4.78 is 20.6. The van der Waals surface area contributed by atoms with Crippen molar-refractivity contribution < 1.29 is 28.5 Å². The number of nitro groups is 1. The van der Waals surface area contributed by atoms with Crippen molar-refractivity contribution in [3.63, 3.8) is 0 Å². The highest BCUT2D eigenvalue weighted by Gasteiger charge is 2.15. The predicted molar refractivity (Wildman–Crippen MR) is 105 cm³/mol. The van der Waals surface area contributed by atoms with E-state index in [4.69, 9.17) is 18.7 Å². The third-order valence-corrected chi connectivity index (χ3v) is 3.99. The van der Waals surface area contributed by atoms with E-state index in [0.29, 0.717) is 17.1 Å². The number of methoxy groups -OCH3 is 2. The second kappa shape index (κ2) is 9.32. The summed E-state index contributed by atoms with van der Waals surface area (Å²) in [6.45, 7) is -0.258. The third kappa shape index (κ3) is 4.79. The van der Waals surface area contributed by atoms with Gasteiger partial charge in [0.05, 0.1) is 30.3 Å². The molecule has 1 heterocycles. The highest BCUT2D eigenvalue weighted by atomic mass is 16.6. The second-order valence-electron chi connectivity index (χ2n) is 5.83. The summed E-state index contributed by atoms with van der Waals surface area (Å²) in [4.78, 5) is 26.6. The van der Waals surface area contributed by atoms with E-state index in [0.717, 1.165) is 6.08 Å². The molecule has 3 aromatic rings. The number of benzene rings is 2. The van der Waals surface area contributed by atoms with Crippen LogP contribution in [0.1, 0.15) is 11.5 Å². The lowest BCUT2D eigenvalue weighted by Gasteiger charge is -2.07. The molecule has 10 heteroatoms. The molecule has 0 atom stereocenters. The van der Waals surface area contributed by atoms with Gasteiger partial charge in [0.2, 0.25) is 5.82 Å². The average Bonchev–Trinajstić information content (AvgIpc) is 3.24. The Balaban J connectivity index is 1.65. The molecule has 0 radical (unpaired) electrons. The highest BCUT2D eigenvalue weighted by Crippen LogP contribution is 2.31. The molecule has 0 bridgehead atoms.